The average Bonchev–Trinajstić information content (AvgIpc) is 2.77. The molecule has 2 heterocycles. The van der Waals surface area contributed by atoms with Gasteiger partial charge >= 0.3 is 5.97 Å². The van der Waals surface area contributed by atoms with E-state index >= 15 is 0 Å². The van der Waals surface area contributed by atoms with Crippen LogP contribution >= 0.6 is 0 Å². The molecule has 1 atom stereocenters. The Morgan fingerprint density at radius 3 is 2.79 bits per heavy atom. The van der Waals surface area contributed by atoms with E-state index in [9.17, 15) is 9.90 Å². The standard InChI is InChI=1S/C24H24N2O3/c1-26(19-5-3-2-4-6-19)20-8-9-21-17(15-20)12-14-29-23(21)10-7-18-16-25-13-11-22(18)24(27)28/h2-6,8-9,11,13,15-16,23H,7,10,12,14H2,1H3,(H,27,28). The van der Waals surface area contributed by atoms with Crippen LogP contribution in [0.4, 0.5) is 11.4 Å². The zero-order chi connectivity index (χ0) is 20.2. The monoisotopic (exact) mass is 388 g/mol. The summed E-state index contributed by atoms with van der Waals surface area (Å²) in [4.78, 5) is 17.7. The molecule has 0 amide bonds. The van der Waals surface area contributed by atoms with Crippen molar-refractivity contribution in [2.24, 2.45) is 0 Å². The van der Waals surface area contributed by atoms with Gasteiger partial charge in [0.15, 0.2) is 0 Å². The molecule has 4 rings (SSSR count). The van der Waals surface area contributed by atoms with Gasteiger partial charge in [-0.2, -0.15) is 0 Å². The van der Waals surface area contributed by atoms with Crippen LogP contribution in [0, 0.1) is 0 Å². The van der Waals surface area contributed by atoms with Gasteiger partial charge in [-0.15, -0.1) is 0 Å². The summed E-state index contributed by atoms with van der Waals surface area (Å²) >= 11 is 0. The van der Waals surface area contributed by atoms with Crippen molar-refractivity contribution in [3.63, 3.8) is 0 Å². The second-order valence-corrected chi connectivity index (χ2v) is 7.26. The van der Waals surface area contributed by atoms with Crippen molar-refractivity contribution < 1.29 is 14.6 Å². The molecule has 3 aromatic rings. The van der Waals surface area contributed by atoms with Crippen LogP contribution in [0.25, 0.3) is 0 Å². The Hall–Kier alpha value is -3.18. The summed E-state index contributed by atoms with van der Waals surface area (Å²) in [5.41, 5.74) is 5.85. The van der Waals surface area contributed by atoms with Crippen LogP contribution in [0.1, 0.15) is 39.6 Å². The highest BCUT2D eigenvalue weighted by molar-refractivity contribution is 5.89. The molecular weight excluding hydrogens is 364 g/mol. The summed E-state index contributed by atoms with van der Waals surface area (Å²) in [6.45, 7) is 0.676. The molecule has 148 valence electrons. The number of rotatable bonds is 6. The number of nitrogens with zero attached hydrogens (tertiary/aromatic N) is 2. The molecule has 0 saturated heterocycles. The van der Waals surface area contributed by atoms with Crippen molar-refractivity contribution in [1.82, 2.24) is 4.98 Å². The molecule has 0 fully saturated rings. The van der Waals surface area contributed by atoms with Gasteiger partial charge in [0.2, 0.25) is 0 Å². The van der Waals surface area contributed by atoms with Crippen LogP contribution in [0.2, 0.25) is 0 Å². The van der Waals surface area contributed by atoms with Crippen molar-refractivity contribution in [3.8, 4) is 0 Å². The predicted molar refractivity (Wildman–Crippen MR) is 113 cm³/mol. The average molecular weight is 388 g/mol. The van der Waals surface area contributed by atoms with Crippen LogP contribution < -0.4 is 4.90 Å². The van der Waals surface area contributed by atoms with E-state index in [-0.39, 0.29) is 6.10 Å². The van der Waals surface area contributed by atoms with Gasteiger partial charge in [-0.3, -0.25) is 4.98 Å². The second kappa shape index (κ2) is 8.45. The number of para-hydroxylation sites is 1. The lowest BCUT2D eigenvalue weighted by atomic mass is 9.92. The number of aromatic carboxylic acids is 1. The van der Waals surface area contributed by atoms with Gasteiger partial charge in [-0.05, 0) is 66.3 Å². The molecule has 0 saturated carbocycles. The molecule has 0 bridgehead atoms. The van der Waals surface area contributed by atoms with Gasteiger partial charge in [-0.25, -0.2) is 4.79 Å². The van der Waals surface area contributed by atoms with E-state index < -0.39 is 5.97 Å². The molecule has 29 heavy (non-hydrogen) atoms. The number of hydrogen-bond donors (Lipinski definition) is 1. The van der Waals surface area contributed by atoms with Crippen molar-refractivity contribution >= 4 is 17.3 Å². The Balaban J connectivity index is 1.53. The minimum absolute atomic E-state index is 0.0308. The number of carboxylic acids is 1. The van der Waals surface area contributed by atoms with Gasteiger partial charge in [0.1, 0.15) is 0 Å². The highest BCUT2D eigenvalue weighted by Gasteiger charge is 2.22. The van der Waals surface area contributed by atoms with Gasteiger partial charge in [-0.1, -0.05) is 24.3 Å². The number of aryl methyl sites for hydroxylation is 1. The number of hydrogen-bond acceptors (Lipinski definition) is 4. The van der Waals surface area contributed by atoms with Crippen molar-refractivity contribution in [1.29, 1.82) is 0 Å². The largest absolute Gasteiger partial charge is 0.478 e. The smallest absolute Gasteiger partial charge is 0.336 e. The molecule has 1 aliphatic rings. The van der Waals surface area contributed by atoms with Gasteiger partial charge in [0.25, 0.3) is 0 Å². The lowest BCUT2D eigenvalue weighted by Crippen LogP contribution is -2.18. The molecule has 1 aliphatic heterocycles. The SMILES string of the molecule is CN(c1ccccc1)c1ccc2c(c1)CCOC2CCc1cnccc1C(=O)O. The van der Waals surface area contributed by atoms with Gasteiger partial charge in [0, 0.05) is 30.8 Å². The van der Waals surface area contributed by atoms with Crippen LogP contribution in [-0.2, 0) is 17.6 Å². The molecule has 0 radical (unpaired) electrons. The van der Waals surface area contributed by atoms with E-state index in [4.69, 9.17) is 4.74 Å². The quantitative estimate of drug-likeness (QED) is 0.658. The fourth-order valence-corrected chi connectivity index (χ4v) is 3.89. The Bertz CT molecular complexity index is 1000. The van der Waals surface area contributed by atoms with Crippen LogP contribution in [-0.4, -0.2) is 29.7 Å². The summed E-state index contributed by atoms with van der Waals surface area (Å²) in [5, 5.41) is 9.37. The Kier molecular flexibility index (Phi) is 5.58. The van der Waals surface area contributed by atoms with Crippen molar-refractivity contribution in [2.75, 3.05) is 18.6 Å². The summed E-state index contributed by atoms with van der Waals surface area (Å²) in [5.74, 6) is -0.916. The molecule has 5 heteroatoms. The number of carbonyl (C=O) groups is 1. The third kappa shape index (κ3) is 4.15. The Morgan fingerprint density at radius 1 is 1.17 bits per heavy atom. The lowest BCUT2D eigenvalue weighted by Gasteiger charge is -2.28. The first-order chi connectivity index (χ1) is 14.1. The first-order valence-electron chi connectivity index (χ1n) is 9.83. The maximum Gasteiger partial charge on any atom is 0.336 e. The van der Waals surface area contributed by atoms with E-state index in [1.165, 1.54) is 17.3 Å². The zero-order valence-electron chi connectivity index (χ0n) is 16.4. The van der Waals surface area contributed by atoms with Crippen LogP contribution in [0.5, 0.6) is 0 Å². The van der Waals surface area contributed by atoms with E-state index in [0.717, 1.165) is 29.8 Å². The van der Waals surface area contributed by atoms with E-state index in [1.807, 2.05) is 18.2 Å². The number of ether oxygens (including phenoxy) is 1. The number of benzene rings is 2. The predicted octanol–water partition coefficient (Wildman–Crippen LogP) is 4.79. The van der Waals surface area contributed by atoms with E-state index in [2.05, 4.69) is 47.3 Å². The second-order valence-electron chi connectivity index (χ2n) is 7.26. The zero-order valence-corrected chi connectivity index (χ0v) is 16.4. The maximum atomic E-state index is 11.4. The van der Waals surface area contributed by atoms with E-state index in [1.54, 1.807) is 12.3 Å². The highest BCUT2D eigenvalue weighted by Crippen LogP contribution is 2.34. The molecule has 1 N–H and O–H groups in total. The number of anilines is 2. The highest BCUT2D eigenvalue weighted by atomic mass is 16.5. The lowest BCUT2D eigenvalue weighted by molar-refractivity contribution is 0.0367. The first kappa shape index (κ1) is 19.2. The van der Waals surface area contributed by atoms with Crippen molar-refractivity contribution in [3.05, 3.63) is 89.2 Å². The summed E-state index contributed by atoms with van der Waals surface area (Å²) < 4.78 is 6.03. The molecule has 5 nitrogen and oxygen atoms in total. The normalized spacial score (nSPS) is 15.6. The van der Waals surface area contributed by atoms with Crippen LogP contribution in [0.15, 0.2) is 67.0 Å². The molecular formula is C24H24N2O3. The Labute approximate surface area is 170 Å². The molecule has 0 spiro atoms. The molecule has 0 aliphatic carbocycles. The number of fused-ring (bicyclic) bond motifs is 1. The van der Waals surface area contributed by atoms with Gasteiger partial charge < -0.3 is 14.7 Å². The topological polar surface area (TPSA) is 62.7 Å². The summed E-state index contributed by atoms with van der Waals surface area (Å²) in [7, 11) is 2.07. The molecule has 1 aromatic heterocycles. The summed E-state index contributed by atoms with van der Waals surface area (Å²) in [6, 6.07) is 18.4. The van der Waals surface area contributed by atoms with Crippen molar-refractivity contribution in [2.45, 2.75) is 25.4 Å². The fourth-order valence-electron chi connectivity index (χ4n) is 3.89. The van der Waals surface area contributed by atoms with Crippen LogP contribution in [0.3, 0.4) is 0 Å². The fraction of sp³-hybridized carbons (Fsp3) is 0.250. The minimum atomic E-state index is -0.916. The van der Waals surface area contributed by atoms with E-state index in [0.29, 0.717) is 18.6 Å². The number of carboxylic acid groups (broad SMARTS) is 1. The minimum Gasteiger partial charge on any atom is -0.478 e. The van der Waals surface area contributed by atoms with Gasteiger partial charge in [0.05, 0.1) is 18.3 Å². The first-order valence-corrected chi connectivity index (χ1v) is 9.83. The Morgan fingerprint density at radius 2 is 2.00 bits per heavy atom. The summed E-state index contributed by atoms with van der Waals surface area (Å²) in [6.07, 6.45) is 5.36. The third-order valence-corrected chi connectivity index (χ3v) is 5.50. The number of aromatic nitrogens is 1. The molecule has 1 unspecified atom stereocenters. The number of pyridine rings is 1. The molecule has 2 aromatic carbocycles. The third-order valence-electron chi connectivity index (χ3n) is 5.50. The maximum absolute atomic E-state index is 11.4.